The molecule has 1 saturated heterocycles. The Morgan fingerprint density at radius 2 is 1.93 bits per heavy atom. The maximum Gasteiger partial charge on any atom is 0.260 e. The van der Waals surface area contributed by atoms with Gasteiger partial charge in [-0.25, -0.2) is 4.39 Å². The molecule has 2 aromatic rings. The SMILES string of the molecule is COc1ccc(C)cc1NC(=O)C1CN(C(=O)COc2ccccc2F)C1. The molecule has 1 fully saturated rings. The number of rotatable bonds is 6. The number of para-hydroxylation sites is 1. The molecule has 0 unspecified atom stereocenters. The number of ether oxygens (including phenoxy) is 2. The van der Waals surface area contributed by atoms with Crippen LogP contribution in [0.15, 0.2) is 42.5 Å². The lowest BCUT2D eigenvalue weighted by Gasteiger charge is -2.38. The fourth-order valence-electron chi connectivity index (χ4n) is 2.79. The van der Waals surface area contributed by atoms with Crippen LogP contribution in [-0.2, 0) is 9.59 Å². The van der Waals surface area contributed by atoms with Crippen LogP contribution < -0.4 is 14.8 Å². The second-order valence-electron chi connectivity index (χ2n) is 6.41. The normalized spacial score (nSPS) is 13.7. The summed E-state index contributed by atoms with van der Waals surface area (Å²) in [5.74, 6) is -0.647. The van der Waals surface area contributed by atoms with E-state index >= 15 is 0 Å². The van der Waals surface area contributed by atoms with Crippen molar-refractivity contribution in [1.29, 1.82) is 0 Å². The molecule has 0 radical (unpaired) electrons. The van der Waals surface area contributed by atoms with Gasteiger partial charge in [0.25, 0.3) is 5.91 Å². The van der Waals surface area contributed by atoms with E-state index in [1.807, 2.05) is 19.1 Å². The molecule has 1 aliphatic rings. The molecular weight excluding hydrogens is 351 g/mol. The van der Waals surface area contributed by atoms with Crippen LogP contribution in [0.1, 0.15) is 5.56 Å². The third-order valence-electron chi connectivity index (χ3n) is 4.41. The molecule has 3 rings (SSSR count). The number of carbonyl (C=O) groups is 2. The summed E-state index contributed by atoms with van der Waals surface area (Å²) in [6, 6.07) is 11.4. The van der Waals surface area contributed by atoms with Gasteiger partial charge in [-0.2, -0.15) is 0 Å². The van der Waals surface area contributed by atoms with Crippen molar-refractivity contribution < 1.29 is 23.5 Å². The highest BCUT2D eigenvalue weighted by molar-refractivity contribution is 5.96. The van der Waals surface area contributed by atoms with E-state index in [2.05, 4.69) is 5.32 Å². The van der Waals surface area contributed by atoms with Gasteiger partial charge in [0.05, 0.1) is 18.7 Å². The maximum absolute atomic E-state index is 13.5. The minimum Gasteiger partial charge on any atom is -0.495 e. The fourth-order valence-corrected chi connectivity index (χ4v) is 2.79. The van der Waals surface area contributed by atoms with Crippen LogP contribution in [-0.4, -0.2) is 43.5 Å². The van der Waals surface area contributed by atoms with Gasteiger partial charge in [0.2, 0.25) is 5.91 Å². The van der Waals surface area contributed by atoms with Crippen LogP contribution in [0.4, 0.5) is 10.1 Å². The van der Waals surface area contributed by atoms with Crippen molar-refractivity contribution in [1.82, 2.24) is 4.90 Å². The lowest BCUT2D eigenvalue weighted by molar-refractivity contribution is -0.143. The molecule has 2 amide bonds. The van der Waals surface area contributed by atoms with Crippen LogP contribution in [0, 0.1) is 18.7 Å². The van der Waals surface area contributed by atoms with Gasteiger partial charge in [0.1, 0.15) is 5.75 Å². The Labute approximate surface area is 156 Å². The standard InChI is InChI=1S/C20H21FN2O4/c1-13-7-8-18(26-2)16(9-13)22-20(25)14-10-23(11-14)19(24)12-27-17-6-4-3-5-15(17)21/h3-9,14H,10-12H2,1-2H3,(H,22,25). The number of hydrogen-bond acceptors (Lipinski definition) is 4. The number of aryl methyl sites for hydroxylation is 1. The van der Waals surface area contributed by atoms with Gasteiger partial charge in [-0.15, -0.1) is 0 Å². The summed E-state index contributed by atoms with van der Waals surface area (Å²) in [4.78, 5) is 26.0. The van der Waals surface area contributed by atoms with Crippen LogP contribution >= 0.6 is 0 Å². The number of nitrogens with one attached hydrogen (secondary N) is 1. The van der Waals surface area contributed by atoms with Gasteiger partial charge >= 0.3 is 0 Å². The first-order chi connectivity index (χ1) is 13.0. The quantitative estimate of drug-likeness (QED) is 0.846. The van der Waals surface area contributed by atoms with Gasteiger partial charge < -0.3 is 19.7 Å². The fraction of sp³-hybridized carbons (Fsp3) is 0.300. The van der Waals surface area contributed by atoms with Gasteiger partial charge in [0, 0.05) is 13.1 Å². The van der Waals surface area contributed by atoms with Crippen molar-refractivity contribution in [2.24, 2.45) is 5.92 Å². The number of halogens is 1. The van der Waals surface area contributed by atoms with Gasteiger partial charge in [-0.1, -0.05) is 18.2 Å². The molecule has 142 valence electrons. The number of amides is 2. The molecule has 1 heterocycles. The van der Waals surface area contributed by atoms with E-state index in [1.54, 1.807) is 25.3 Å². The molecule has 0 aliphatic carbocycles. The van der Waals surface area contributed by atoms with Gasteiger partial charge in [0.15, 0.2) is 18.2 Å². The minimum absolute atomic E-state index is 0.0345. The predicted octanol–water partition coefficient (Wildman–Crippen LogP) is 2.62. The molecule has 1 N–H and O–H groups in total. The van der Waals surface area contributed by atoms with Crippen molar-refractivity contribution >= 4 is 17.5 Å². The topological polar surface area (TPSA) is 67.9 Å². The number of nitrogens with zero attached hydrogens (tertiary/aromatic N) is 1. The first-order valence-corrected chi connectivity index (χ1v) is 8.58. The number of carbonyl (C=O) groups excluding carboxylic acids is 2. The zero-order valence-electron chi connectivity index (χ0n) is 15.2. The number of likely N-dealkylation sites (tertiary alicyclic amines) is 1. The Hall–Kier alpha value is -3.09. The Morgan fingerprint density at radius 1 is 1.19 bits per heavy atom. The number of anilines is 1. The summed E-state index contributed by atoms with van der Waals surface area (Å²) < 4.78 is 23.9. The van der Waals surface area contributed by atoms with Crippen LogP contribution in [0.2, 0.25) is 0 Å². The third kappa shape index (κ3) is 4.36. The zero-order valence-corrected chi connectivity index (χ0v) is 15.2. The number of hydrogen-bond donors (Lipinski definition) is 1. The highest BCUT2D eigenvalue weighted by atomic mass is 19.1. The maximum atomic E-state index is 13.5. The van der Waals surface area contributed by atoms with Crippen molar-refractivity contribution in [3.63, 3.8) is 0 Å². The predicted molar refractivity (Wildman–Crippen MR) is 98.3 cm³/mol. The van der Waals surface area contributed by atoms with E-state index in [0.717, 1.165) is 5.56 Å². The summed E-state index contributed by atoms with van der Waals surface area (Å²) in [5.41, 5.74) is 1.61. The van der Waals surface area contributed by atoms with Crippen molar-refractivity contribution in [3.05, 3.63) is 53.8 Å². The monoisotopic (exact) mass is 372 g/mol. The Kier molecular flexibility index (Phi) is 5.59. The van der Waals surface area contributed by atoms with E-state index in [-0.39, 0.29) is 30.1 Å². The molecule has 0 bridgehead atoms. The lowest BCUT2D eigenvalue weighted by Crippen LogP contribution is -2.55. The summed E-state index contributed by atoms with van der Waals surface area (Å²) in [7, 11) is 1.54. The van der Waals surface area contributed by atoms with E-state index in [9.17, 15) is 14.0 Å². The largest absolute Gasteiger partial charge is 0.495 e. The van der Waals surface area contributed by atoms with E-state index in [0.29, 0.717) is 24.5 Å². The number of benzene rings is 2. The molecule has 2 aromatic carbocycles. The molecule has 7 heteroatoms. The summed E-state index contributed by atoms with van der Waals surface area (Å²) in [5, 5.41) is 2.85. The van der Waals surface area contributed by atoms with E-state index < -0.39 is 5.82 Å². The molecule has 0 aromatic heterocycles. The van der Waals surface area contributed by atoms with E-state index in [4.69, 9.17) is 9.47 Å². The average molecular weight is 372 g/mol. The van der Waals surface area contributed by atoms with Crippen LogP contribution in [0.25, 0.3) is 0 Å². The van der Waals surface area contributed by atoms with Crippen LogP contribution in [0.3, 0.4) is 0 Å². The number of methoxy groups -OCH3 is 1. The third-order valence-corrected chi connectivity index (χ3v) is 4.41. The summed E-state index contributed by atoms with van der Waals surface area (Å²) >= 11 is 0. The first-order valence-electron chi connectivity index (χ1n) is 8.58. The van der Waals surface area contributed by atoms with Crippen LogP contribution in [0.5, 0.6) is 11.5 Å². The minimum atomic E-state index is -0.515. The van der Waals surface area contributed by atoms with Gasteiger partial charge in [-0.05, 0) is 36.8 Å². The first kappa shape index (κ1) is 18.7. The van der Waals surface area contributed by atoms with E-state index in [1.165, 1.54) is 17.0 Å². The molecule has 6 nitrogen and oxygen atoms in total. The molecule has 0 spiro atoms. The Bertz CT molecular complexity index is 850. The highest BCUT2D eigenvalue weighted by Gasteiger charge is 2.36. The van der Waals surface area contributed by atoms with Crippen molar-refractivity contribution in [3.8, 4) is 11.5 Å². The second-order valence-corrected chi connectivity index (χ2v) is 6.41. The highest BCUT2D eigenvalue weighted by Crippen LogP contribution is 2.27. The molecule has 1 aliphatic heterocycles. The van der Waals surface area contributed by atoms with Crippen molar-refractivity contribution in [2.45, 2.75) is 6.92 Å². The van der Waals surface area contributed by atoms with Crippen molar-refractivity contribution in [2.75, 3.05) is 32.1 Å². The molecule has 27 heavy (non-hydrogen) atoms. The summed E-state index contributed by atoms with van der Waals surface area (Å²) in [6.45, 7) is 2.27. The second kappa shape index (κ2) is 8.07. The van der Waals surface area contributed by atoms with Gasteiger partial charge in [-0.3, -0.25) is 9.59 Å². The molecule has 0 saturated carbocycles. The smallest absolute Gasteiger partial charge is 0.260 e. The molecule has 0 atom stereocenters. The Balaban J connectivity index is 1.49. The zero-order chi connectivity index (χ0) is 19.4. The average Bonchev–Trinajstić information content (AvgIpc) is 2.60. The summed E-state index contributed by atoms with van der Waals surface area (Å²) in [6.07, 6.45) is 0. The lowest BCUT2D eigenvalue weighted by atomic mass is 9.99. The Morgan fingerprint density at radius 3 is 2.63 bits per heavy atom. The molecular formula is C20H21FN2O4.